The van der Waals surface area contributed by atoms with Crippen LogP contribution in [0.3, 0.4) is 0 Å². The molecule has 0 atom stereocenters. The molecule has 0 saturated heterocycles. The lowest BCUT2D eigenvalue weighted by molar-refractivity contribution is -0.274. The quantitative estimate of drug-likeness (QED) is 0.0480. The standard InChI is InChI=1S/C21H15F3N4O3.C21H15F3N4O.C20H13F3N4O2.CH4/c1-30-19(29)13-7-9-15(10-8-13)25-20-26-18-17(6-3-11-28(18)27-20)14-4-2-5-16(12-14)31-21(22,23)24;1-13(29)14-7-9-17(10-8-14)25-20-26-19-18(6-3-11-28(19)27-20)15-4-2-5-16(12-15)21(22,23)24;21-20(22,23)14-4-1-3-13(11-14)16-5-2-10-27-17(16)25-19(26-27)24-15-8-6-12(7-9-15)18(28)29;/h2-12H,1H3,(H,25,27);2-12H,1H3,(H,25,27);1-11H,(H,24,26)(H,28,29);1H4. The second-order valence-corrected chi connectivity index (χ2v) is 19.1. The highest BCUT2D eigenvalue weighted by Crippen LogP contribution is 2.36. The van der Waals surface area contributed by atoms with Gasteiger partial charge in [-0.25, -0.2) is 23.1 Å². The predicted octanol–water partition coefficient (Wildman–Crippen LogP) is 15.7. The van der Waals surface area contributed by atoms with Crippen molar-refractivity contribution in [2.75, 3.05) is 23.1 Å². The number of pyridine rings is 3. The highest BCUT2D eigenvalue weighted by Gasteiger charge is 2.33. The van der Waals surface area contributed by atoms with Crippen LogP contribution in [0.5, 0.6) is 5.75 Å². The van der Waals surface area contributed by atoms with Crippen molar-refractivity contribution in [1.82, 2.24) is 43.8 Å². The maximum Gasteiger partial charge on any atom is 0.573 e. The van der Waals surface area contributed by atoms with E-state index in [9.17, 15) is 53.9 Å². The van der Waals surface area contributed by atoms with Gasteiger partial charge in [0.15, 0.2) is 22.7 Å². The van der Waals surface area contributed by atoms with Gasteiger partial charge in [-0.2, -0.15) is 41.3 Å². The molecule has 90 heavy (non-hydrogen) atoms. The van der Waals surface area contributed by atoms with E-state index < -0.39 is 41.8 Å². The number of carboxylic acids is 1. The molecule has 0 unspecified atom stereocenters. The van der Waals surface area contributed by atoms with Gasteiger partial charge in [0.2, 0.25) is 17.8 Å². The molecule has 6 heterocycles. The Hall–Kier alpha value is -11.6. The Balaban J connectivity index is 0.000000159. The number of Topliss-reactive ketones (excluding diaryl/α,β-unsaturated/α-hetero) is 1. The van der Waals surface area contributed by atoms with Crippen molar-refractivity contribution in [2.24, 2.45) is 0 Å². The number of ether oxygens (including phenoxy) is 2. The number of benzene rings is 6. The van der Waals surface area contributed by atoms with Gasteiger partial charge in [-0.3, -0.25) is 4.79 Å². The van der Waals surface area contributed by atoms with Gasteiger partial charge in [0.1, 0.15) is 5.75 Å². The highest BCUT2D eigenvalue weighted by atomic mass is 19.4. The van der Waals surface area contributed by atoms with E-state index in [1.54, 1.807) is 134 Å². The van der Waals surface area contributed by atoms with Crippen LogP contribution in [-0.2, 0) is 17.1 Å². The van der Waals surface area contributed by atoms with Gasteiger partial charge < -0.3 is 30.5 Å². The lowest BCUT2D eigenvalue weighted by Crippen LogP contribution is -2.17. The molecule has 4 N–H and O–H groups in total. The summed E-state index contributed by atoms with van der Waals surface area (Å²) < 4.78 is 129. The first-order valence-electron chi connectivity index (χ1n) is 26.2. The fraction of sp³-hybridized carbons (Fsp3) is 0.0952. The molecule has 6 aromatic carbocycles. The molecular formula is C63H47F9N12O6. The molecule has 18 nitrogen and oxygen atoms in total. The Morgan fingerprint density at radius 2 is 0.811 bits per heavy atom. The zero-order valence-electron chi connectivity index (χ0n) is 46.0. The Kier molecular flexibility index (Phi) is 18.3. The van der Waals surface area contributed by atoms with E-state index in [0.717, 1.165) is 24.3 Å². The van der Waals surface area contributed by atoms with E-state index in [1.807, 2.05) is 0 Å². The fourth-order valence-corrected chi connectivity index (χ4v) is 8.82. The van der Waals surface area contributed by atoms with E-state index >= 15 is 0 Å². The molecule has 0 bridgehead atoms. The molecule has 0 spiro atoms. The van der Waals surface area contributed by atoms with Crippen LogP contribution in [0.15, 0.2) is 201 Å². The van der Waals surface area contributed by atoms with E-state index in [1.165, 1.54) is 70.0 Å². The Bertz CT molecular complexity index is 4360. The average Bonchev–Trinajstić information content (AvgIpc) is 1.66. The number of halogens is 9. The lowest BCUT2D eigenvalue weighted by atomic mass is 10.0. The molecule has 0 radical (unpaired) electrons. The Morgan fingerprint density at radius 1 is 0.456 bits per heavy atom. The van der Waals surface area contributed by atoms with Gasteiger partial charge in [-0.1, -0.05) is 43.8 Å². The number of nitrogens with zero attached hydrogens (tertiary/aromatic N) is 9. The van der Waals surface area contributed by atoms with E-state index in [4.69, 9.17) is 5.11 Å². The third-order valence-electron chi connectivity index (χ3n) is 13.0. The molecule has 0 aliphatic heterocycles. The first kappa shape index (κ1) is 62.9. The average molecular weight is 1240 g/mol. The highest BCUT2D eigenvalue weighted by molar-refractivity contribution is 5.94. The van der Waals surface area contributed by atoms with E-state index in [2.05, 4.69) is 55.7 Å². The zero-order chi connectivity index (χ0) is 63.2. The largest absolute Gasteiger partial charge is 0.573 e. The Morgan fingerprint density at radius 3 is 1.16 bits per heavy atom. The van der Waals surface area contributed by atoms with Crippen molar-refractivity contribution in [1.29, 1.82) is 0 Å². The van der Waals surface area contributed by atoms with Crippen molar-refractivity contribution in [2.45, 2.75) is 33.1 Å². The summed E-state index contributed by atoms with van der Waals surface area (Å²) in [5, 5.41) is 30.9. The van der Waals surface area contributed by atoms with Gasteiger partial charge in [0.05, 0.1) is 29.4 Å². The molecule has 12 rings (SSSR count). The number of anilines is 6. The minimum atomic E-state index is -4.78. The van der Waals surface area contributed by atoms with Crippen LogP contribution in [0, 0.1) is 0 Å². The summed E-state index contributed by atoms with van der Waals surface area (Å²) in [5.74, 6) is -1.04. The normalized spacial score (nSPS) is 11.4. The van der Waals surface area contributed by atoms with Gasteiger partial charge in [0.25, 0.3) is 0 Å². The van der Waals surface area contributed by atoms with Crippen LogP contribution in [-0.4, -0.2) is 80.1 Å². The molecule has 27 heteroatoms. The number of methoxy groups -OCH3 is 1. The number of alkyl halides is 9. The predicted molar refractivity (Wildman–Crippen MR) is 316 cm³/mol. The zero-order valence-corrected chi connectivity index (χ0v) is 46.0. The molecule has 0 saturated carbocycles. The summed E-state index contributed by atoms with van der Waals surface area (Å²) in [6, 6.07) is 45.4. The minimum absolute atomic E-state index is 0. The van der Waals surface area contributed by atoms with Gasteiger partial charge >= 0.3 is 30.7 Å². The van der Waals surface area contributed by atoms with E-state index in [0.29, 0.717) is 84.5 Å². The maximum absolute atomic E-state index is 13.1. The van der Waals surface area contributed by atoms with Crippen LogP contribution in [0.1, 0.15) is 56.6 Å². The third-order valence-corrected chi connectivity index (χ3v) is 13.0. The number of aromatic nitrogens is 9. The van der Waals surface area contributed by atoms with Crippen LogP contribution in [0.4, 0.5) is 74.4 Å². The fourth-order valence-electron chi connectivity index (χ4n) is 8.82. The molecule has 12 aromatic rings. The number of carbonyl (C=O) groups is 3. The summed E-state index contributed by atoms with van der Waals surface area (Å²) in [4.78, 5) is 47.1. The number of esters is 1. The van der Waals surface area contributed by atoms with Crippen LogP contribution in [0.25, 0.3) is 50.3 Å². The first-order chi connectivity index (χ1) is 42.4. The number of aromatic carboxylic acids is 1. The number of carbonyl (C=O) groups excluding carboxylic acids is 2. The van der Waals surface area contributed by atoms with E-state index in [-0.39, 0.29) is 36.4 Å². The maximum atomic E-state index is 13.1. The lowest BCUT2D eigenvalue weighted by Gasteiger charge is -2.10. The smallest absolute Gasteiger partial charge is 0.478 e. The summed E-state index contributed by atoms with van der Waals surface area (Å²) >= 11 is 0. The molecular weight excluding hydrogens is 1190 g/mol. The summed E-state index contributed by atoms with van der Waals surface area (Å²) in [6.07, 6.45) is -8.66. The van der Waals surface area contributed by atoms with Gasteiger partial charge in [-0.05, 0) is 169 Å². The summed E-state index contributed by atoms with van der Waals surface area (Å²) in [7, 11) is 1.30. The summed E-state index contributed by atoms with van der Waals surface area (Å²) in [6.45, 7) is 1.49. The monoisotopic (exact) mass is 1240 g/mol. The van der Waals surface area contributed by atoms with Crippen LogP contribution >= 0.6 is 0 Å². The Labute approximate surface area is 503 Å². The third kappa shape index (κ3) is 15.1. The second-order valence-electron chi connectivity index (χ2n) is 19.1. The molecule has 458 valence electrons. The second kappa shape index (κ2) is 26.1. The van der Waals surface area contributed by atoms with Crippen molar-refractivity contribution < 1.29 is 68.5 Å². The van der Waals surface area contributed by atoms with Gasteiger partial charge in [-0.15, -0.1) is 28.5 Å². The van der Waals surface area contributed by atoms with Crippen LogP contribution < -0.4 is 20.7 Å². The minimum Gasteiger partial charge on any atom is -0.478 e. The molecule has 0 aliphatic carbocycles. The SMILES string of the molecule is C.CC(=O)c1ccc(Nc2nc3c(-c4cccc(C(F)(F)F)c4)cccn3n2)cc1.COC(=O)c1ccc(Nc2nc3c(-c4cccc(OC(F)(F)F)c4)cccn3n2)cc1.O=C(O)c1ccc(Nc2nc3c(-c4cccc(C(F)(F)F)c4)cccn3n2)cc1. The van der Waals surface area contributed by atoms with Crippen molar-refractivity contribution in [3.63, 3.8) is 0 Å². The van der Waals surface area contributed by atoms with Crippen molar-refractivity contribution >= 4 is 69.6 Å². The number of nitrogens with one attached hydrogen (secondary N) is 3. The molecule has 0 amide bonds. The topological polar surface area (TPSA) is 217 Å². The molecule has 0 fully saturated rings. The number of rotatable bonds is 13. The van der Waals surface area contributed by atoms with Gasteiger partial charge in [0, 0.05) is 57.9 Å². The first-order valence-corrected chi connectivity index (χ1v) is 26.2. The molecule has 6 aromatic heterocycles. The summed E-state index contributed by atoms with van der Waals surface area (Å²) in [5.41, 5.74) is 5.71. The molecule has 0 aliphatic rings. The van der Waals surface area contributed by atoms with Crippen LogP contribution in [0.2, 0.25) is 0 Å². The number of fused-ring (bicyclic) bond motifs is 3. The number of carboxylic acid groups (broad SMARTS) is 1. The number of ketones is 1. The number of hydrogen-bond acceptors (Lipinski definition) is 14. The number of hydrogen-bond donors (Lipinski definition) is 4. The van der Waals surface area contributed by atoms with Crippen molar-refractivity contribution in [3.8, 4) is 39.1 Å². The van der Waals surface area contributed by atoms with Crippen molar-refractivity contribution in [3.05, 3.63) is 228 Å².